The van der Waals surface area contributed by atoms with Crippen LogP contribution < -0.4 is 15.5 Å². The second-order valence-electron chi connectivity index (χ2n) is 8.56. The fourth-order valence-electron chi connectivity index (χ4n) is 3.78. The Morgan fingerprint density at radius 3 is 2.32 bits per heavy atom. The van der Waals surface area contributed by atoms with E-state index < -0.39 is 15.8 Å². The molecule has 1 aliphatic rings. The van der Waals surface area contributed by atoms with Gasteiger partial charge in [-0.05, 0) is 24.6 Å². The van der Waals surface area contributed by atoms with Gasteiger partial charge in [0, 0.05) is 52.0 Å². The number of carboxylic acid groups (broad SMARTS) is 1. The van der Waals surface area contributed by atoms with Gasteiger partial charge in [0.15, 0.2) is 15.0 Å². The van der Waals surface area contributed by atoms with Crippen LogP contribution in [0.3, 0.4) is 0 Å². The topological polar surface area (TPSA) is 158 Å². The van der Waals surface area contributed by atoms with E-state index in [2.05, 4.69) is 25.6 Å². The predicted octanol–water partition coefficient (Wildman–Crippen LogP) is 2.37. The maximum absolute atomic E-state index is 11.7. The summed E-state index contributed by atoms with van der Waals surface area (Å²) in [6.45, 7) is 5.91. The molecule has 196 valence electrons. The van der Waals surface area contributed by atoms with E-state index in [1.807, 2.05) is 4.90 Å². The van der Waals surface area contributed by atoms with Gasteiger partial charge in [-0.15, -0.1) is 0 Å². The van der Waals surface area contributed by atoms with Crippen molar-refractivity contribution in [2.75, 3.05) is 48.0 Å². The highest BCUT2D eigenvalue weighted by Crippen LogP contribution is 2.27. The van der Waals surface area contributed by atoms with E-state index in [1.165, 1.54) is 0 Å². The molecule has 0 bridgehead atoms. The number of hydrogen-bond donors (Lipinski definition) is 3. The number of benzene rings is 1. The number of sulfone groups is 1. The molecule has 0 spiro atoms. The maximum Gasteiger partial charge on any atom is 0.347 e. The van der Waals surface area contributed by atoms with Crippen molar-refractivity contribution in [3.05, 3.63) is 46.5 Å². The summed E-state index contributed by atoms with van der Waals surface area (Å²) in [6.07, 6.45) is 1.16. The molecule has 0 radical (unpaired) electrons. The number of nitrogens with one attached hydrogen (secondary N) is 2. The lowest BCUT2D eigenvalue weighted by atomic mass is 10.2. The zero-order valence-electron chi connectivity index (χ0n) is 20.6. The summed E-state index contributed by atoms with van der Waals surface area (Å²) >= 11 is 0.998. The Morgan fingerprint density at radius 1 is 1.08 bits per heavy atom. The van der Waals surface area contributed by atoms with Crippen LogP contribution in [0.5, 0.6) is 0 Å². The van der Waals surface area contributed by atoms with Crippen molar-refractivity contribution in [1.82, 2.24) is 19.9 Å². The van der Waals surface area contributed by atoms with Crippen LogP contribution in [-0.2, 0) is 21.2 Å². The second-order valence-corrected chi connectivity index (χ2v) is 11.6. The number of carbonyl (C=O) groups is 2. The van der Waals surface area contributed by atoms with Crippen molar-refractivity contribution in [3.8, 4) is 0 Å². The number of aryl methyl sites for hydroxylation is 1. The lowest BCUT2D eigenvalue weighted by Gasteiger charge is -2.35. The standard InChI is InChI=1S/C23H27N7O5S2/c1-14-20(21(32)33)36-23(25-14)28-22-26-18(24-13-16-4-6-17(7-5-16)37(3,34)35)12-19(27-22)30-10-8-29(9-11-30)15(2)31/h4-7,12H,8-11,13H2,1-3H3,(H,32,33)(H2,24,25,26,27,28). The molecule has 3 N–H and O–H groups in total. The van der Waals surface area contributed by atoms with E-state index in [1.54, 1.807) is 49.1 Å². The monoisotopic (exact) mass is 545 g/mol. The smallest absolute Gasteiger partial charge is 0.347 e. The Morgan fingerprint density at radius 2 is 1.76 bits per heavy atom. The quantitative estimate of drug-likeness (QED) is 0.382. The first kappa shape index (κ1) is 26.3. The highest BCUT2D eigenvalue weighted by Gasteiger charge is 2.21. The van der Waals surface area contributed by atoms with Gasteiger partial charge < -0.3 is 20.2 Å². The molecule has 12 nitrogen and oxygen atoms in total. The van der Waals surface area contributed by atoms with E-state index in [9.17, 15) is 23.1 Å². The molecule has 1 fully saturated rings. The highest BCUT2D eigenvalue weighted by atomic mass is 32.2. The number of piperazine rings is 1. The van der Waals surface area contributed by atoms with Crippen molar-refractivity contribution in [2.24, 2.45) is 0 Å². The number of carboxylic acids is 1. The average molecular weight is 546 g/mol. The Bertz CT molecular complexity index is 1420. The van der Waals surface area contributed by atoms with Gasteiger partial charge in [0.05, 0.1) is 10.6 Å². The van der Waals surface area contributed by atoms with Crippen LogP contribution in [0.25, 0.3) is 0 Å². The molecule has 3 aromatic rings. The van der Waals surface area contributed by atoms with Gasteiger partial charge in [0.1, 0.15) is 16.5 Å². The van der Waals surface area contributed by atoms with Gasteiger partial charge in [0.2, 0.25) is 11.9 Å². The Balaban J connectivity index is 1.57. The van der Waals surface area contributed by atoms with E-state index >= 15 is 0 Å². The molecule has 14 heteroatoms. The lowest BCUT2D eigenvalue weighted by Crippen LogP contribution is -2.48. The number of hydrogen-bond acceptors (Lipinski definition) is 11. The third-order valence-corrected chi connectivity index (χ3v) is 7.99. The highest BCUT2D eigenvalue weighted by molar-refractivity contribution is 7.90. The minimum atomic E-state index is -3.28. The second kappa shape index (κ2) is 10.7. The van der Waals surface area contributed by atoms with Gasteiger partial charge in [-0.1, -0.05) is 23.5 Å². The lowest BCUT2D eigenvalue weighted by molar-refractivity contribution is -0.129. The van der Waals surface area contributed by atoms with Crippen molar-refractivity contribution in [3.63, 3.8) is 0 Å². The molecule has 4 rings (SSSR count). The first-order valence-electron chi connectivity index (χ1n) is 11.4. The molecule has 0 aliphatic carbocycles. The number of amides is 1. The summed E-state index contributed by atoms with van der Waals surface area (Å²) < 4.78 is 23.4. The number of rotatable bonds is 8. The molecule has 0 unspecified atom stereocenters. The van der Waals surface area contributed by atoms with E-state index in [0.29, 0.717) is 55.2 Å². The van der Waals surface area contributed by atoms with Crippen molar-refractivity contribution in [1.29, 1.82) is 0 Å². The predicted molar refractivity (Wildman–Crippen MR) is 140 cm³/mol. The molecule has 3 heterocycles. The van der Waals surface area contributed by atoms with Crippen LogP contribution in [0, 0.1) is 6.92 Å². The number of aromatic carboxylic acids is 1. The maximum atomic E-state index is 11.7. The number of nitrogens with zero attached hydrogens (tertiary/aromatic N) is 5. The number of thiazole rings is 1. The van der Waals surface area contributed by atoms with Gasteiger partial charge in [-0.2, -0.15) is 9.97 Å². The molecule has 2 aromatic heterocycles. The molecular formula is C23H27N7O5S2. The van der Waals surface area contributed by atoms with Crippen LogP contribution in [0.2, 0.25) is 0 Å². The van der Waals surface area contributed by atoms with Crippen LogP contribution >= 0.6 is 11.3 Å². The fourth-order valence-corrected chi connectivity index (χ4v) is 5.21. The zero-order chi connectivity index (χ0) is 26.7. The number of carbonyl (C=O) groups excluding carboxylic acids is 1. The van der Waals surface area contributed by atoms with Crippen molar-refractivity contribution >= 4 is 55.8 Å². The summed E-state index contributed by atoms with van der Waals surface area (Å²) in [6, 6.07) is 8.39. The molecule has 37 heavy (non-hydrogen) atoms. The molecule has 1 aromatic carbocycles. The normalized spacial score (nSPS) is 13.9. The van der Waals surface area contributed by atoms with Gasteiger partial charge >= 0.3 is 5.97 Å². The third kappa shape index (κ3) is 6.51. The SMILES string of the molecule is CC(=O)N1CCN(c2cc(NCc3ccc(S(C)(=O)=O)cc3)nc(Nc3nc(C)c(C(=O)O)s3)n2)CC1. The Hall–Kier alpha value is -3.78. The summed E-state index contributed by atoms with van der Waals surface area (Å²) in [4.78, 5) is 40.7. The van der Waals surface area contributed by atoms with E-state index in [0.717, 1.165) is 23.2 Å². The summed E-state index contributed by atoms with van der Waals surface area (Å²) in [5.74, 6) is 0.377. The molecule has 0 saturated carbocycles. The van der Waals surface area contributed by atoms with Gasteiger partial charge in [-0.3, -0.25) is 10.1 Å². The number of aromatic nitrogens is 3. The largest absolute Gasteiger partial charge is 0.477 e. The fraction of sp³-hybridized carbons (Fsp3) is 0.348. The van der Waals surface area contributed by atoms with Crippen molar-refractivity contribution in [2.45, 2.75) is 25.3 Å². The van der Waals surface area contributed by atoms with Gasteiger partial charge in [-0.25, -0.2) is 18.2 Å². The minimum absolute atomic E-state index is 0.0299. The summed E-state index contributed by atoms with van der Waals surface area (Å²) in [5.41, 5.74) is 1.26. The van der Waals surface area contributed by atoms with Crippen LogP contribution in [-0.4, -0.2) is 77.7 Å². The Kier molecular flexibility index (Phi) is 7.59. The average Bonchev–Trinajstić information content (AvgIpc) is 3.22. The van der Waals surface area contributed by atoms with E-state index in [4.69, 9.17) is 0 Å². The first-order chi connectivity index (χ1) is 17.5. The number of anilines is 4. The molecular weight excluding hydrogens is 518 g/mol. The summed E-state index contributed by atoms with van der Waals surface area (Å²) in [5, 5.41) is 16.0. The van der Waals surface area contributed by atoms with Crippen LogP contribution in [0.4, 0.5) is 22.7 Å². The van der Waals surface area contributed by atoms with Gasteiger partial charge in [0.25, 0.3) is 0 Å². The van der Waals surface area contributed by atoms with Crippen molar-refractivity contribution < 1.29 is 23.1 Å². The first-order valence-corrected chi connectivity index (χ1v) is 14.1. The van der Waals surface area contributed by atoms with Crippen LogP contribution in [0.15, 0.2) is 35.2 Å². The molecule has 1 amide bonds. The Labute approximate surface area is 218 Å². The van der Waals surface area contributed by atoms with E-state index in [-0.39, 0.29) is 21.6 Å². The van der Waals surface area contributed by atoms with Crippen LogP contribution in [0.1, 0.15) is 27.9 Å². The third-order valence-electron chi connectivity index (χ3n) is 5.80. The molecule has 0 atom stereocenters. The molecule has 1 aliphatic heterocycles. The zero-order valence-corrected chi connectivity index (χ0v) is 22.2. The minimum Gasteiger partial charge on any atom is -0.477 e. The summed E-state index contributed by atoms with van der Waals surface area (Å²) in [7, 11) is -3.28. The molecule has 1 saturated heterocycles.